The highest BCUT2D eigenvalue weighted by molar-refractivity contribution is 4.89. The van der Waals surface area contributed by atoms with Crippen LogP contribution in [0.3, 0.4) is 0 Å². The monoisotopic (exact) mass is 296 g/mol. The van der Waals surface area contributed by atoms with Gasteiger partial charge in [0.25, 0.3) is 0 Å². The van der Waals surface area contributed by atoms with E-state index in [9.17, 15) is 0 Å². The summed E-state index contributed by atoms with van der Waals surface area (Å²) in [7, 11) is 0. The first-order valence-electron chi connectivity index (χ1n) is 9.18. The third-order valence-corrected chi connectivity index (χ3v) is 5.20. The zero-order chi connectivity index (χ0) is 15.1. The van der Waals surface area contributed by atoms with Gasteiger partial charge in [-0.25, -0.2) is 0 Å². The van der Waals surface area contributed by atoms with Crippen LogP contribution in [0.2, 0.25) is 0 Å². The van der Waals surface area contributed by atoms with E-state index in [0.717, 1.165) is 38.6 Å². The van der Waals surface area contributed by atoms with Crippen LogP contribution in [0.25, 0.3) is 0 Å². The van der Waals surface area contributed by atoms with Crippen LogP contribution < -0.4 is 5.32 Å². The van der Waals surface area contributed by atoms with Gasteiger partial charge in [0.05, 0.1) is 12.7 Å². The minimum atomic E-state index is 0.461. The van der Waals surface area contributed by atoms with E-state index in [-0.39, 0.29) is 0 Å². The van der Waals surface area contributed by atoms with Crippen molar-refractivity contribution >= 4 is 0 Å². The molecular weight excluding hydrogens is 260 g/mol. The summed E-state index contributed by atoms with van der Waals surface area (Å²) in [5, 5.41) is 3.75. The highest BCUT2D eigenvalue weighted by Gasteiger charge is 2.34. The van der Waals surface area contributed by atoms with Crippen LogP contribution in [0.15, 0.2) is 0 Å². The molecule has 1 aliphatic heterocycles. The molecule has 0 aromatic carbocycles. The molecule has 3 nitrogen and oxygen atoms in total. The van der Waals surface area contributed by atoms with Gasteiger partial charge < -0.3 is 10.1 Å². The fourth-order valence-electron chi connectivity index (χ4n) is 3.96. The maximum Gasteiger partial charge on any atom is 0.0700 e. The van der Waals surface area contributed by atoms with E-state index >= 15 is 0 Å². The average molecular weight is 296 g/mol. The molecule has 1 saturated heterocycles. The van der Waals surface area contributed by atoms with Gasteiger partial charge in [-0.2, -0.15) is 0 Å². The highest BCUT2D eigenvalue weighted by atomic mass is 16.5. The van der Waals surface area contributed by atoms with Gasteiger partial charge in [-0.15, -0.1) is 0 Å². The molecule has 124 valence electrons. The summed E-state index contributed by atoms with van der Waals surface area (Å²) in [6, 6.07) is 0. The Labute approximate surface area is 131 Å². The van der Waals surface area contributed by atoms with Crippen molar-refractivity contribution < 1.29 is 4.74 Å². The van der Waals surface area contributed by atoms with Crippen molar-refractivity contribution in [3.8, 4) is 0 Å². The number of nitrogens with zero attached hydrogens (tertiary/aromatic N) is 1. The number of ether oxygens (including phenoxy) is 1. The number of rotatable bonds is 7. The number of hydrogen-bond donors (Lipinski definition) is 1. The summed E-state index contributed by atoms with van der Waals surface area (Å²) in [6.07, 6.45) is 8.71. The van der Waals surface area contributed by atoms with E-state index in [4.69, 9.17) is 4.74 Å². The Kier molecular flexibility index (Phi) is 6.97. The van der Waals surface area contributed by atoms with Gasteiger partial charge in [0.2, 0.25) is 0 Å². The zero-order valence-electron chi connectivity index (χ0n) is 14.5. The van der Waals surface area contributed by atoms with Gasteiger partial charge in [0, 0.05) is 26.2 Å². The van der Waals surface area contributed by atoms with Crippen LogP contribution in [0.4, 0.5) is 0 Å². The summed E-state index contributed by atoms with van der Waals surface area (Å²) in [6.45, 7) is 13.7. The fourth-order valence-corrected chi connectivity index (χ4v) is 3.96. The Morgan fingerprint density at radius 1 is 1.24 bits per heavy atom. The van der Waals surface area contributed by atoms with Crippen molar-refractivity contribution in [3.05, 3.63) is 0 Å². The minimum absolute atomic E-state index is 0.461. The van der Waals surface area contributed by atoms with Gasteiger partial charge in [-0.3, -0.25) is 4.90 Å². The van der Waals surface area contributed by atoms with Gasteiger partial charge in [0.1, 0.15) is 0 Å². The molecular formula is C18H36N2O. The molecule has 2 rings (SSSR count). The van der Waals surface area contributed by atoms with Gasteiger partial charge in [-0.05, 0) is 37.1 Å². The van der Waals surface area contributed by atoms with Crippen molar-refractivity contribution in [3.63, 3.8) is 0 Å². The molecule has 3 heteroatoms. The Hall–Kier alpha value is -0.120. The Morgan fingerprint density at radius 3 is 2.67 bits per heavy atom. The molecule has 1 atom stereocenters. The van der Waals surface area contributed by atoms with Crippen LogP contribution in [-0.4, -0.2) is 50.3 Å². The number of nitrogens with one attached hydrogen (secondary N) is 1. The minimum Gasteiger partial charge on any atom is -0.376 e. The smallest absolute Gasteiger partial charge is 0.0700 e. The van der Waals surface area contributed by atoms with Crippen LogP contribution >= 0.6 is 0 Å². The summed E-state index contributed by atoms with van der Waals surface area (Å²) in [5.41, 5.74) is 0.517. The van der Waals surface area contributed by atoms with Crippen molar-refractivity contribution in [1.29, 1.82) is 0 Å². The van der Waals surface area contributed by atoms with Gasteiger partial charge >= 0.3 is 0 Å². The maximum atomic E-state index is 5.83. The lowest BCUT2D eigenvalue weighted by Crippen LogP contribution is -2.51. The molecule has 0 amide bonds. The second-order valence-electron chi connectivity index (χ2n) is 7.72. The first-order valence-corrected chi connectivity index (χ1v) is 9.18. The van der Waals surface area contributed by atoms with E-state index in [1.807, 2.05) is 0 Å². The molecule has 0 radical (unpaired) electrons. The van der Waals surface area contributed by atoms with E-state index in [1.165, 1.54) is 45.2 Å². The molecule has 0 bridgehead atoms. The van der Waals surface area contributed by atoms with Crippen molar-refractivity contribution in [2.45, 2.75) is 65.4 Å². The fraction of sp³-hybridized carbons (Fsp3) is 1.00. The van der Waals surface area contributed by atoms with Crippen molar-refractivity contribution in [2.75, 3.05) is 39.3 Å². The molecule has 0 spiro atoms. The van der Waals surface area contributed by atoms with Crippen LogP contribution in [-0.2, 0) is 4.74 Å². The molecule has 21 heavy (non-hydrogen) atoms. The lowest BCUT2D eigenvalue weighted by atomic mass is 9.73. The number of morpholine rings is 1. The summed E-state index contributed by atoms with van der Waals surface area (Å²) in [4.78, 5) is 2.68. The van der Waals surface area contributed by atoms with Gasteiger partial charge in [0.15, 0.2) is 0 Å². The molecule has 1 unspecified atom stereocenters. The molecule has 1 aliphatic carbocycles. The van der Waals surface area contributed by atoms with E-state index in [0.29, 0.717) is 11.5 Å². The lowest BCUT2D eigenvalue weighted by molar-refractivity contribution is -0.0464. The molecule has 2 aliphatic rings. The molecule has 0 aromatic heterocycles. The predicted octanol–water partition coefficient (Wildman–Crippen LogP) is 3.29. The van der Waals surface area contributed by atoms with Crippen molar-refractivity contribution in [2.24, 2.45) is 11.3 Å². The standard InChI is InChI=1S/C18H36N2O/c1-4-17-13-20(10-11-21-17)15-18(8-6-5-7-9-18)14-19-12-16(2)3/h16-17,19H,4-15H2,1-3H3. The third-order valence-electron chi connectivity index (χ3n) is 5.20. The molecule has 1 heterocycles. The maximum absolute atomic E-state index is 5.83. The molecule has 1 saturated carbocycles. The Balaban J connectivity index is 1.88. The quantitative estimate of drug-likeness (QED) is 0.780. The second kappa shape index (κ2) is 8.50. The summed E-state index contributed by atoms with van der Waals surface area (Å²) in [5.74, 6) is 0.749. The van der Waals surface area contributed by atoms with Crippen LogP contribution in [0, 0.1) is 11.3 Å². The lowest BCUT2D eigenvalue weighted by Gasteiger charge is -2.44. The SMILES string of the molecule is CCC1CN(CC2(CNCC(C)C)CCCCC2)CCO1. The van der Waals surface area contributed by atoms with E-state index < -0.39 is 0 Å². The molecule has 2 fully saturated rings. The van der Waals surface area contributed by atoms with Crippen molar-refractivity contribution in [1.82, 2.24) is 10.2 Å². The molecule has 1 N–H and O–H groups in total. The first-order chi connectivity index (χ1) is 10.1. The topological polar surface area (TPSA) is 24.5 Å². The molecule has 0 aromatic rings. The van der Waals surface area contributed by atoms with Gasteiger partial charge in [-0.1, -0.05) is 40.0 Å². The van der Waals surface area contributed by atoms with E-state index in [2.05, 4.69) is 31.0 Å². The normalized spacial score (nSPS) is 27.1. The number of hydrogen-bond acceptors (Lipinski definition) is 3. The van der Waals surface area contributed by atoms with Crippen LogP contribution in [0.1, 0.15) is 59.3 Å². The Bertz CT molecular complexity index is 287. The highest BCUT2D eigenvalue weighted by Crippen LogP contribution is 2.37. The van der Waals surface area contributed by atoms with Crippen LogP contribution in [0.5, 0.6) is 0 Å². The zero-order valence-corrected chi connectivity index (χ0v) is 14.5. The summed E-state index contributed by atoms with van der Waals surface area (Å²) < 4.78 is 5.83. The largest absolute Gasteiger partial charge is 0.376 e. The summed E-state index contributed by atoms with van der Waals surface area (Å²) >= 11 is 0. The third kappa shape index (κ3) is 5.54. The Morgan fingerprint density at radius 2 is 2.00 bits per heavy atom. The average Bonchev–Trinajstić information content (AvgIpc) is 2.48. The first kappa shape index (κ1) is 17.2. The predicted molar refractivity (Wildman–Crippen MR) is 89.7 cm³/mol. The van der Waals surface area contributed by atoms with E-state index in [1.54, 1.807) is 0 Å². The second-order valence-corrected chi connectivity index (χ2v) is 7.72.